The molecule has 1 unspecified atom stereocenters. The van der Waals surface area contributed by atoms with Crippen LogP contribution in [0.5, 0.6) is 0 Å². The largest absolute Gasteiger partial charge is 0.271 e. The first kappa shape index (κ1) is 12.8. The standard InChI is InChI=1S/C13H15BrN2S/c1-8-4-3-5-10(9(8)2)13(16-15)11-6-7-12(14)17-11/h3-7,13,16H,15H2,1-2H3. The van der Waals surface area contributed by atoms with E-state index < -0.39 is 0 Å². The van der Waals surface area contributed by atoms with Gasteiger partial charge in [-0.25, -0.2) is 5.43 Å². The zero-order chi connectivity index (χ0) is 12.4. The summed E-state index contributed by atoms with van der Waals surface area (Å²) < 4.78 is 1.12. The molecule has 1 atom stereocenters. The lowest BCUT2D eigenvalue weighted by atomic mass is 9.97. The highest BCUT2D eigenvalue weighted by Crippen LogP contribution is 2.32. The summed E-state index contributed by atoms with van der Waals surface area (Å²) in [4.78, 5) is 1.22. The minimum absolute atomic E-state index is 0.0613. The first-order valence-electron chi connectivity index (χ1n) is 5.41. The molecule has 0 fully saturated rings. The number of hydrogen-bond acceptors (Lipinski definition) is 3. The van der Waals surface area contributed by atoms with E-state index in [1.165, 1.54) is 21.6 Å². The Morgan fingerprint density at radius 2 is 2.00 bits per heavy atom. The van der Waals surface area contributed by atoms with Crippen LogP contribution in [-0.2, 0) is 0 Å². The highest BCUT2D eigenvalue weighted by molar-refractivity contribution is 9.11. The zero-order valence-corrected chi connectivity index (χ0v) is 12.2. The van der Waals surface area contributed by atoms with Crippen molar-refractivity contribution in [2.75, 3.05) is 0 Å². The van der Waals surface area contributed by atoms with E-state index in [0.29, 0.717) is 0 Å². The van der Waals surface area contributed by atoms with Gasteiger partial charge in [0.15, 0.2) is 0 Å². The number of thiophene rings is 1. The molecule has 90 valence electrons. The second-order valence-electron chi connectivity index (χ2n) is 4.03. The predicted molar refractivity (Wildman–Crippen MR) is 77.1 cm³/mol. The first-order valence-corrected chi connectivity index (χ1v) is 7.02. The summed E-state index contributed by atoms with van der Waals surface area (Å²) >= 11 is 5.19. The molecule has 0 aliphatic carbocycles. The Labute approximate surface area is 114 Å². The number of halogens is 1. The molecule has 17 heavy (non-hydrogen) atoms. The second-order valence-corrected chi connectivity index (χ2v) is 6.53. The van der Waals surface area contributed by atoms with E-state index in [1.54, 1.807) is 11.3 Å². The van der Waals surface area contributed by atoms with Gasteiger partial charge in [-0.1, -0.05) is 18.2 Å². The molecule has 0 bridgehead atoms. The Kier molecular flexibility index (Phi) is 3.99. The van der Waals surface area contributed by atoms with E-state index in [9.17, 15) is 0 Å². The number of rotatable bonds is 3. The smallest absolute Gasteiger partial charge is 0.0805 e. The van der Waals surface area contributed by atoms with Crippen molar-refractivity contribution in [1.82, 2.24) is 5.43 Å². The molecule has 0 radical (unpaired) electrons. The summed E-state index contributed by atoms with van der Waals surface area (Å²) in [7, 11) is 0. The van der Waals surface area contributed by atoms with Gasteiger partial charge in [-0.05, 0) is 58.6 Å². The zero-order valence-electron chi connectivity index (χ0n) is 9.83. The second kappa shape index (κ2) is 5.31. The average Bonchev–Trinajstić information content (AvgIpc) is 2.72. The van der Waals surface area contributed by atoms with E-state index in [2.05, 4.69) is 65.5 Å². The van der Waals surface area contributed by atoms with Gasteiger partial charge in [0.2, 0.25) is 0 Å². The normalized spacial score (nSPS) is 12.7. The van der Waals surface area contributed by atoms with Gasteiger partial charge < -0.3 is 0 Å². The van der Waals surface area contributed by atoms with E-state index in [4.69, 9.17) is 5.84 Å². The van der Waals surface area contributed by atoms with Crippen LogP contribution < -0.4 is 11.3 Å². The Hall–Kier alpha value is -0.680. The molecule has 3 N–H and O–H groups in total. The summed E-state index contributed by atoms with van der Waals surface area (Å²) in [5, 5.41) is 0. The van der Waals surface area contributed by atoms with Gasteiger partial charge in [0.05, 0.1) is 9.83 Å². The van der Waals surface area contributed by atoms with Crippen molar-refractivity contribution in [2.45, 2.75) is 19.9 Å². The van der Waals surface area contributed by atoms with Crippen LogP contribution in [0.2, 0.25) is 0 Å². The van der Waals surface area contributed by atoms with E-state index in [-0.39, 0.29) is 6.04 Å². The third kappa shape index (κ3) is 2.60. The molecule has 0 saturated heterocycles. The predicted octanol–water partition coefficient (Wildman–Crippen LogP) is 3.68. The first-order chi connectivity index (χ1) is 8.13. The van der Waals surface area contributed by atoms with Crippen molar-refractivity contribution in [2.24, 2.45) is 5.84 Å². The van der Waals surface area contributed by atoms with E-state index >= 15 is 0 Å². The Balaban J connectivity index is 2.45. The maximum absolute atomic E-state index is 5.71. The minimum Gasteiger partial charge on any atom is -0.271 e. The molecule has 0 spiro atoms. The lowest BCUT2D eigenvalue weighted by molar-refractivity contribution is 0.642. The van der Waals surface area contributed by atoms with Gasteiger partial charge in [-0.3, -0.25) is 5.84 Å². The summed E-state index contributed by atoms with van der Waals surface area (Å²) in [5.41, 5.74) is 6.73. The van der Waals surface area contributed by atoms with Crippen LogP contribution in [0.3, 0.4) is 0 Å². The molecule has 0 saturated carbocycles. The highest BCUT2D eigenvalue weighted by atomic mass is 79.9. The molecule has 1 aromatic heterocycles. The number of benzene rings is 1. The van der Waals surface area contributed by atoms with Crippen molar-refractivity contribution in [3.05, 3.63) is 55.7 Å². The molecule has 1 heterocycles. The van der Waals surface area contributed by atoms with Crippen LogP contribution in [-0.4, -0.2) is 0 Å². The molecule has 0 aliphatic heterocycles. The number of nitrogens with one attached hydrogen (secondary N) is 1. The molecule has 2 rings (SSSR count). The quantitative estimate of drug-likeness (QED) is 0.670. The van der Waals surface area contributed by atoms with Gasteiger partial charge in [0.25, 0.3) is 0 Å². The van der Waals surface area contributed by atoms with Crippen LogP contribution in [0.4, 0.5) is 0 Å². The van der Waals surface area contributed by atoms with Gasteiger partial charge in [0.1, 0.15) is 0 Å². The molecule has 0 amide bonds. The molecular weight excluding hydrogens is 296 g/mol. The monoisotopic (exact) mass is 310 g/mol. The Morgan fingerprint density at radius 1 is 1.24 bits per heavy atom. The molecule has 2 nitrogen and oxygen atoms in total. The minimum atomic E-state index is 0.0613. The van der Waals surface area contributed by atoms with Crippen molar-refractivity contribution < 1.29 is 0 Å². The average molecular weight is 311 g/mol. The third-order valence-electron chi connectivity index (χ3n) is 3.00. The Morgan fingerprint density at radius 3 is 2.59 bits per heavy atom. The molecule has 1 aromatic carbocycles. The van der Waals surface area contributed by atoms with Crippen LogP contribution in [0, 0.1) is 13.8 Å². The van der Waals surface area contributed by atoms with Crippen molar-refractivity contribution in [1.29, 1.82) is 0 Å². The van der Waals surface area contributed by atoms with Gasteiger partial charge in [0, 0.05) is 4.88 Å². The lowest BCUT2D eigenvalue weighted by Crippen LogP contribution is -2.28. The van der Waals surface area contributed by atoms with E-state index in [1.807, 2.05) is 0 Å². The fourth-order valence-electron chi connectivity index (χ4n) is 1.90. The SMILES string of the molecule is Cc1cccc(C(NN)c2ccc(Br)s2)c1C. The Bertz CT molecular complexity index is 522. The third-order valence-corrected chi connectivity index (χ3v) is 4.69. The fourth-order valence-corrected chi connectivity index (χ4v) is 3.40. The number of aryl methyl sites for hydroxylation is 1. The highest BCUT2D eigenvalue weighted by Gasteiger charge is 2.16. The van der Waals surface area contributed by atoms with Gasteiger partial charge in [-0.2, -0.15) is 0 Å². The summed E-state index contributed by atoms with van der Waals surface area (Å²) in [6.45, 7) is 4.26. The van der Waals surface area contributed by atoms with Crippen molar-refractivity contribution in [3.8, 4) is 0 Å². The topological polar surface area (TPSA) is 38.0 Å². The number of hydrazine groups is 1. The number of hydrogen-bond donors (Lipinski definition) is 2. The van der Waals surface area contributed by atoms with E-state index in [0.717, 1.165) is 3.79 Å². The van der Waals surface area contributed by atoms with Gasteiger partial charge in [-0.15, -0.1) is 11.3 Å². The molecule has 4 heteroatoms. The van der Waals surface area contributed by atoms with Crippen LogP contribution in [0.1, 0.15) is 27.6 Å². The lowest BCUT2D eigenvalue weighted by Gasteiger charge is -2.18. The molecular formula is C13H15BrN2S. The maximum Gasteiger partial charge on any atom is 0.0805 e. The fraction of sp³-hybridized carbons (Fsp3) is 0.231. The van der Waals surface area contributed by atoms with Crippen molar-refractivity contribution >= 4 is 27.3 Å². The van der Waals surface area contributed by atoms with Crippen LogP contribution in [0.25, 0.3) is 0 Å². The molecule has 0 aliphatic rings. The summed E-state index contributed by atoms with van der Waals surface area (Å²) in [6.07, 6.45) is 0. The maximum atomic E-state index is 5.71. The molecule has 2 aromatic rings. The van der Waals surface area contributed by atoms with Crippen molar-refractivity contribution in [3.63, 3.8) is 0 Å². The van der Waals surface area contributed by atoms with Crippen LogP contribution in [0.15, 0.2) is 34.1 Å². The number of nitrogens with two attached hydrogens (primary N) is 1. The van der Waals surface area contributed by atoms with Crippen LogP contribution >= 0.6 is 27.3 Å². The van der Waals surface area contributed by atoms with Gasteiger partial charge >= 0.3 is 0 Å². The summed E-state index contributed by atoms with van der Waals surface area (Å²) in [5.74, 6) is 5.71. The summed E-state index contributed by atoms with van der Waals surface area (Å²) in [6, 6.07) is 10.5.